The van der Waals surface area contributed by atoms with Gasteiger partial charge in [-0.05, 0) is 40.4 Å². The van der Waals surface area contributed by atoms with E-state index >= 15 is 0 Å². The van der Waals surface area contributed by atoms with Gasteiger partial charge in [0.15, 0.2) is 0 Å². The van der Waals surface area contributed by atoms with Crippen molar-refractivity contribution in [2.24, 2.45) is 0 Å². The van der Waals surface area contributed by atoms with Crippen LogP contribution in [0.5, 0.6) is 5.75 Å². The third kappa shape index (κ3) is 5.74. The largest absolute Gasteiger partial charge is 0.497 e. The van der Waals surface area contributed by atoms with Gasteiger partial charge < -0.3 is 9.47 Å². The SMILES string of the molecule is COC(=O)/C(=C\c1cccc(OC)c1)CC#C[Si](C(C)C)(C(C)C)C(C)C. The Morgan fingerprint density at radius 2 is 1.67 bits per heavy atom. The van der Waals surface area contributed by atoms with Crippen molar-refractivity contribution >= 4 is 20.1 Å². The van der Waals surface area contributed by atoms with Gasteiger partial charge in [0.2, 0.25) is 0 Å². The van der Waals surface area contributed by atoms with E-state index in [2.05, 4.69) is 53.0 Å². The first kappa shape index (κ1) is 23.0. The highest BCUT2D eigenvalue weighted by atomic mass is 28.3. The van der Waals surface area contributed by atoms with Crippen molar-refractivity contribution in [3.8, 4) is 17.2 Å². The third-order valence-corrected chi connectivity index (χ3v) is 11.7. The Labute approximate surface area is 166 Å². The second-order valence-electron chi connectivity index (χ2n) is 7.81. The van der Waals surface area contributed by atoms with Crippen LogP contribution in [-0.2, 0) is 9.53 Å². The molecular formula is C23H34O3Si. The van der Waals surface area contributed by atoms with Crippen LogP contribution in [-0.4, -0.2) is 28.3 Å². The van der Waals surface area contributed by atoms with Crippen molar-refractivity contribution < 1.29 is 14.3 Å². The second kappa shape index (κ2) is 10.4. The molecule has 0 unspecified atom stereocenters. The predicted molar refractivity (Wildman–Crippen MR) is 116 cm³/mol. The van der Waals surface area contributed by atoms with E-state index in [0.29, 0.717) is 28.6 Å². The van der Waals surface area contributed by atoms with Crippen molar-refractivity contribution in [2.75, 3.05) is 14.2 Å². The number of hydrogen-bond donors (Lipinski definition) is 0. The average Bonchev–Trinajstić information content (AvgIpc) is 2.62. The van der Waals surface area contributed by atoms with E-state index in [9.17, 15) is 4.79 Å². The number of benzene rings is 1. The van der Waals surface area contributed by atoms with Gasteiger partial charge in [0, 0.05) is 12.0 Å². The smallest absolute Gasteiger partial charge is 0.334 e. The monoisotopic (exact) mass is 386 g/mol. The molecule has 0 amide bonds. The number of ether oxygens (including phenoxy) is 2. The Morgan fingerprint density at radius 3 is 2.15 bits per heavy atom. The molecule has 0 spiro atoms. The maximum Gasteiger partial charge on any atom is 0.334 e. The lowest BCUT2D eigenvalue weighted by molar-refractivity contribution is -0.136. The summed E-state index contributed by atoms with van der Waals surface area (Å²) < 4.78 is 10.2. The Morgan fingerprint density at radius 1 is 1.07 bits per heavy atom. The molecule has 0 N–H and O–H groups in total. The van der Waals surface area contributed by atoms with Crippen molar-refractivity contribution in [1.82, 2.24) is 0 Å². The highest BCUT2D eigenvalue weighted by molar-refractivity contribution is 6.90. The number of esters is 1. The molecule has 0 aliphatic rings. The van der Waals surface area contributed by atoms with Crippen molar-refractivity contribution in [3.05, 3.63) is 35.4 Å². The van der Waals surface area contributed by atoms with Gasteiger partial charge in [-0.3, -0.25) is 0 Å². The molecule has 0 aromatic heterocycles. The molecule has 27 heavy (non-hydrogen) atoms. The predicted octanol–water partition coefficient (Wildman–Crippen LogP) is 5.86. The molecule has 0 radical (unpaired) electrons. The number of methoxy groups -OCH3 is 2. The lowest BCUT2D eigenvalue weighted by atomic mass is 10.1. The number of carbonyl (C=O) groups is 1. The van der Waals surface area contributed by atoms with Crippen molar-refractivity contribution in [1.29, 1.82) is 0 Å². The van der Waals surface area contributed by atoms with Crippen LogP contribution in [0, 0.1) is 11.5 Å². The summed E-state index contributed by atoms with van der Waals surface area (Å²) in [4.78, 5) is 12.2. The van der Waals surface area contributed by atoms with Gasteiger partial charge >= 0.3 is 5.97 Å². The minimum absolute atomic E-state index is 0.335. The van der Waals surface area contributed by atoms with Crippen LogP contribution in [0.25, 0.3) is 6.08 Å². The summed E-state index contributed by atoms with van der Waals surface area (Å²) in [5, 5.41) is 0. The summed E-state index contributed by atoms with van der Waals surface area (Å²) in [6, 6.07) is 7.61. The van der Waals surface area contributed by atoms with Crippen LogP contribution in [0.15, 0.2) is 29.8 Å². The molecule has 0 fully saturated rings. The standard InChI is InChI=1S/C23H34O3Si/c1-17(2)27(18(3)4,19(5)6)14-10-12-21(23(24)26-8)15-20-11-9-13-22(16-20)25-7/h9,11,13,15-19H,12H2,1-8H3/b21-15-. The Kier molecular flexibility index (Phi) is 8.85. The number of hydrogen-bond acceptors (Lipinski definition) is 3. The lowest BCUT2D eigenvalue weighted by Gasteiger charge is -2.38. The molecule has 1 aromatic carbocycles. The summed E-state index contributed by atoms with van der Waals surface area (Å²) >= 11 is 0. The zero-order valence-corrected chi connectivity index (χ0v) is 19.1. The van der Waals surface area contributed by atoms with Gasteiger partial charge in [-0.15, -0.1) is 11.5 Å². The highest BCUT2D eigenvalue weighted by Crippen LogP contribution is 2.40. The molecule has 0 saturated heterocycles. The maximum atomic E-state index is 12.2. The fraction of sp³-hybridized carbons (Fsp3) is 0.522. The maximum absolute atomic E-state index is 12.2. The lowest BCUT2D eigenvalue weighted by Crippen LogP contribution is -2.43. The molecule has 0 heterocycles. The fourth-order valence-electron chi connectivity index (χ4n) is 3.97. The van der Waals surface area contributed by atoms with E-state index in [-0.39, 0.29) is 5.97 Å². The molecule has 3 nitrogen and oxygen atoms in total. The topological polar surface area (TPSA) is 35.5 Å². The molecule has 0 saturated carbocycles. The van der Waals surface area contributed by atoms with E-state index in [0.717, 1.165) is 11.3 Å². The summed E-state index contributed by atoms with van der Waals surface area (Å²) in [6.07, 6.45) is 2.23. The van der Waals surface area contributed by atoms with Gasteiger partial charge in [0.25, 0.3) is 0 Å². The van der Waals surface area contributed by atoms with Crippen LogP contribution in [0.3, 0.4) is 0 Å². The minimum atomic E-state index is -1.81. The molecule has 0 bridgehead atoms. The summed E-state index contributed by atoms with van der Waals surface area (Å²) in [5.74, 6) is 3.77. The normalized spacial score (nSPS) is 12.2. The van der Waals surface area contributed by atoms with Gasteiger partial charge in [-0.1, -0.05) is 53.7 Å². The molecule has 148 valence electrons. The third-order valence-electron chi connectivity index (χ3n) is 5.33. The van der Waals surface area contributed by atoms with E-state index in [1.54, 1.807) is 7.11 Å². The second-order valence-corrected chi connectivity index (χ2v) is 13.4. The first-order chi connectivity index (χ1) is 12.7. The van der Waals surface area contributed by atoms with Crippen LogP contribution >= 0.6 is 0 Å². The van der Waals surface area contributed by atoms with Gasteiger partial charge in [-0.25, -0.2) is 4.79 Å². The molecule has 0 aliphatic carbocycles. The first-order valence-electron chi connectivity index (χ1n) is 9.61. The average molecular weight is 387 g/mol. The van der Waals surface area contributed by atoms with E-state index < -0.39 is 8.07 Å². The van der Waals surface area contributed by atoms with Crippen LogP contribution in [0.1, 0.15) is 53.5 Å². The van der Waals surface area contributed by atoms with Gasteiger partial charge in [0.1, 0.15) is 13.8 Å². The molecule has 1 aromatic rings. The molecule has 1 rings (SSSR count). The highest BCUT2D eigenvalue weighted by Gasteiger charge is 2.41. The van der Waals surface area contributed by atoms with E-state index in [1.165, 1.54) is 7.11 Å². The molecule has 0 atom stereocenters. The van der Waals surface area contributed by atoms with Crippen LogP contribution in [0.4, 0.5) is 0 Å². The summed E-state index contributed by atoms with van der Waals surface area (Å²) in [7, 11) is 1.23. The zero-order chi connectivity index (χ0) is 20.6. The van der Waals surface area contributed by atoms with Gasteiger partial charge in [0.05, 0.1) is 14.2 Å². The van der Waals surface area contributed by atoms with Crippen LogP contribution in [0.2, 0.25) is 16.6 Å². The first-order valence-corrected chi connectivity index (χ1v) is 11.8. The van der Waals surface area contributed by atoms with Gasteiger partial charge in [-0.2, -0.15) is 0 Å². The summed E-state index contributed by atoms with van der Waals surface area (Å²) in [5.41, 5.74) is 6.82. The Hall–Kier alpha value is -1.99. The minimum Gasteiger partial charge on any atom is -0.497 e. The summed E-state index contributed by atoms with van der Waals surface area (Å²) in [6.45, 7) is 13.7. The van der Waals surface area contributed by atoms with Crippen LogP contribution < -0.4 is 4.74 Å². The van der Waals surface area contributed by atoms with Crippen molar-refractivity contribution in [2.45, 2.75) is 64.6 Å². The van der Waals surface area contributed by atoms with E-state index in [1.807, 2.05) is 30.3 Å². The van der Waals surface area contributed by atoms with Crippen molar-refractivity contribution in [3.63, 3.8) is 0 Å². The molecule has 4 heteroatoms. The number of carbonyl (C=O) groups excluding carboxylic acids is 1. The zero-order valence-electron chi connectivity index (χ0n) is 18.1. The van der Waals surface area contributed by atoms with E-state index in [4.69, 9.17) is 9.47 Å². The Bertz CT molecular complexity index is 699. The number of rotatable bonds is 7. The molecular weight excluding hydrogens is 352 g/mol. The fourth-order valence-corrected chi connectivity index (χ4v) is 9.23. The Balaban J connectivity index is 3.24. The molecule has 0 aliphatic heterocycles. The quantitative estimate of drug-likeness (QED) is 0.255.